The number of hydrogen-bond donors (Lipinski definition) is 1. The minimum Gasteiger partial charge on any atom is -0.494 e. The van der Waals surface area contributed by atoms with Crippen molar-refractivity contribution in [1.29, 1.82) is 0 Å². The molecule has 0 aromatic heterocycles. The fourth-order valence-electron chi connectivity index (χ4n) is 2.54. The number of hydrogen-bond acceptors (Lipinski definition) is 4. The lowest BCUT2D eigenvalue weighted by molar-refractivity contribution is -0.136. The molecule has 23 heavy (non-hydrogen) atoms. The first-order valence-corrected chi connectivity index (χ1v) is 8.11. The van der Waals surface area contributed by atoms with Crippen LogP contribution in [0.3, 0.4) is 0 Å². The molecule has 6 nitrogen and oxygen atoms in total. The van der Waals surface area contributed by atoms with Gasteiger partial charge in [0, 0.05) is 19.0 Å². The number of amides is 2. The third-order valence-electron chi connectivity index (χ3n) is 3.59. The van der Waals surface area contributed by atoms with Crippen LogP contribution in [0.2, 0.25) is 0 Å². The van der Waals surface area contributed by atoms with E-state index in [0.717, 1.165) is 12.8 Å². The second-order valence-electron chi connectivity index (χ2n) is 5.34. The van der Waals surface area contributed by atoms with Gasteiger partial charge in [0.15, 0.2) is 0 Å². The average Bonchev–Trinajstić information content (AvgIpc) is 2.52. The summed E-state index contributed by atoms with van der Waals surface area (Å²) < 4.78 is 11.0. The molecule has 0 bridgehead atoms. The van der Waals surface area contributed by atoms with Crippen LogP contribution in [0.25, 0.3) is 0 Å². The van der Waals surface area contributed by atoms with Crippen molar-refractivity contribution in [3.05, 3.63) is 18.2 Å². The van der Waals surface area contributed by atoms with Crippen molar-refractivity contribution in [1.82, 2.24) is 4.90 Å². The van der Waals surface area contributed by atoms with Gasteiger partial charge in [-0.15, -0.1) is 0 Å². The molecular weight excluding hydrogens is 296 g/mol. The molecule has 1 fully saturated rings. The largest absolute Gasteiger partial charge is 0.494 e. The highest BCUT2D eigenvalue weighted by molar-refractivity contribution is 5.96. The Labute approximate surface area is 136 Å². The van der Waals surface area contributed by atoms with Gasteiger partial charge in [0.05, 0.1) is 25.4 Å². The van der Waals surface area contributed by atoms with Crippen LogP contribution in [0, 0.1) is 0 Å². The summed E-state index contributed by atoms with van der Waals surface area (Å²) in [6.07, 6.45) is 2.38. The molecule has 126 valence electrons. The predicted octanol–water partition coefficient (Wildman–Crippen LogP) is 2.44. The van der Waals surface area contributed by atoms with Gasteiger partial charge >= 0.3 is 0 Å². The van der Waals surface area contributed by atoms with Crippen molar-refractivity contribution in [2.45, 2.75) is 33.1 Å². The summed E-state index contributed by atoms with van der Waals surface area (Å²) in [5, 5.41) is 2.82. The number of benzene rings is 1. The molecule has 1 aliphatic rings. The highest BCUT2D eigenvalue weighted by atomic mass is 16.5. The Hall–Kier alpha value is -2.24. The van der Waals surface area contributed by atoms with Gasteiger partial charge in [-0.1, -0.05) is 0 Å². The first-order chi connectivity index (χ1) is 11.1. The summed E-state index contributed by atoms with van der Waals surface area (Å²) in [4.78, 5) is 25.6. The molecule has 1 saturated heterocycles. The topological polar surface area (TPSA) is 67.9 Å². The Bertz CT molecular complexity index is 560. The molecule has 1 aliphatic heterocycles. The number of nitrogens with one attached hydrogen (secondary N) is 1. The maximum Gasteiger partial charge on any atom is 0.244 e. The molecule has 2 rings (SSSR count). The zero-order chi connectivity index (χ0) is 16.7. The minimum absolute atomic E-state index is 0.0412. The predicted molar refractivity (Wildman–Crippen MR) is 87.8 cm³/mol. The van der Waals surface area contributed by atoms with Crippen molar-refractivity contribution >= 4 is 17.5 Å². The third-order valence-corrected chi connectivity index (χ3v) is 3.59. The van der Waals surface area contributed by atoms with E-state index in [-0.39, 0.29) is 18.4 Å². The smallest absolute Gasteiger partial charge is 0.244 e. The number of piperidine rings is 1. The number of rotatable bonds is 7. The maximum atomic E-state index is 12.3. The van der Waals surface area contributed by atoms with Crippen LogP contribution in [-0.4, -0.2) is 43.0 Å². The number of carbonyl (C=O) groups excluding carboxylic acids is 2. The number of likely N-dealkylation sites (tertiary alicyclic amines) is 1. The highest BCUT2D eigenvalue weighted by Gasteiger charge is 2.21. The molecule has 0 aliphatic carbocycles. The second kappa shape index (κ2) is 8.41. The van der Waals surface area contributed by atoms with E-state index in [9.17, 15) is 9.59 Å². The van der Waals surface area contributed by atoms with E-state index < -0.39 is 0 Å². The quantitative estimate of drug-likeness (QED) is 0.838. The number of nitrogens with zero attached hydrogens (tertiary/aromatic N) is 1. The second-order valence-corrected chi connectivity index (χ2v) is 5.34. The van der Waals surface area contributed by atoms with Crippen molar-refractivity contribution < 1.29 is 19.1 Å². The summed E-state index contributed by atoms with van der Waals surface area (Å²) in [6, 6.07) is 5.32. The minimum atomic E-state index is -0.227. The Morgan fingerprint density at radius 3 is 2.70 bits per heavy atom. The maximum absolute atomic E-state index is 12.3. The monoisotopic (exact) mass is 320 g/mol. The van der Waals surface area contributed by atoms with Gasteiger partial charge in [0.1, 0.15) is 11.5 Å². The van der Waals surface area contributed by atoms with Crippen LogP contribution >= 0.6 is 0 Å². The molecule has 0 atom stereocenters. The van der Waals surface area contributed by atoms with Crippen molar-refractivity contribution in [2.24, 2.45) is 0 Å². The van der Waals surface area contributed by atoms with Crippen molar-refractivity contribution in [3.8, 4) is 11.5 Å². The van der Waals surface area contributed by atoms with E-state index in [1.54, 1.807) is 23.1 Å². The summed E-state index contributed by atoms with van der Waals surface area (Å²) in [7, 11) is 0. The van der Waals surface area contributed by atoms with E-state index in [0.29, 0.717) is 43.4 Å². The Kier molecular flexibility index (Phi) is 6.26. The van der Waals surface area contributed by atoms with E-state index in [4.69, 9.17) is 9.47 Å². The normalized spacial score (nSPS) is 14.5. The summed E-state index contributed by atoms with van der Waals surface area (Å²) in [5.41, 5.74) is 0.562. The van der Waals surface area contributed by atoms with Gasteiger partial charge in [0.25, 0.3) is 0 Å². The fourth-order valence-corrected chi connectivity index (χ4v) is 2.54. The molecule has 1 aromatic rings. The first kappa shape index (κ1) is 17.1. The molecule has 1 heterocycles. The van der Waals surface area contributed by atoms with Crippen LogP contribution in [0.4, 0.5) is 5.69 Å². The van der Waals surface area contributed by atoms with Gasteiger partial charge in [-0.05, 0) is 38.8 Å². The molecule has 2 amide bonds. The molecule has 1 N–H and O–H groups in total. The van der Waals surface area contributed by atoms with Crippen LogP contribution < -0.4 is 14.8 Å². The molecule has 6 heteroatoms. The molecule has 0 spiro atoms. The van der Waals surface area contributed by atoms with E-state index in [1.807, 2.05) is 13.8 Å². The lowest BCUT2D eigenvalue weighted by Gasteiger charge is -2.26. The van der Waals surface area contributed by atoms with Crippen LogP contribution in [0.1, 0.15) is 33.1 Å². The Morgan fingerprint density at radius 1 is 1.22 bits per heavy atom. The zero-order valence-corrected chi connectivity index (χ0v) is 13.8. The number of anilines is 1. The van der Waals surface area contributed by atoms with E-state index >= 15 is 0 Å². The Morgan fingerprint density at radius 2 is 2.00 bits per heavy atom. The summed E-state index contributed by atoms with van der Waals surface area (Å²) in [6.45, 7) is 5.54. The lowest BCUT2D eigenvalue weighted by Crippen LogP contribution is -2.40. The molecule has 1 aromatic carbocycles. The van der Waals surface area contributed by atoms with Gasteiger partial charge in [-0.2, -0.15) is 0 Å². The highest BCUT2D eigenvalue weighted by Crippen LogP contribution is 2.29. The molecule has 0 radical (unpaired) electrons. The van der Waals surface area contributed by atoms with Crippen LogP contribution in [-0.2, 0) is 9.59 Å². The van der Waals surface area contributed by atoms with Gasteiger partial charge in [0.2, 0.25) is 11.8 Å². The molecule has 0 unspecified atom stereocenters. The third kappa shape index (κ3) is 4.87. The molecular formula is C17H24N2O4. The average molecular weight is 320 g/mol. The van der Waals surface area contributed by atoms with Gasteiger partial charge < -0.3 is 19.7 Å². The van der Waals surface area contributed by atoms with Gasteiger partial charge in [-0.3, -0.25) is 9.59 Å². The van der Waals surface area contributed by atoms with E-state index in [2.05, 4.69) is 5.32 Å². The lowest BCUT2D eigenvalue weighted by atomic mass is 10.1. The number of carbonyl (C=O) groups is 2. The molecule has 0 saturated carbocycles. The number of ether oxygens (including phenoxy) is 2. The zero-order valence-electron chi connectivity index (χ0n) is 13.8. The van der Waals surface area contributed by atoms with Crippen LogP contribution in [0.5, 0.6) is 11.5 Å². The fraction of sp³-hybridized carbons (Fsp3) is 0.529. The van der Waals surface area contributed by atoms with Crippen LogP contribution in [0.15, 0.2) is 18.2 Å². The van der Waals surface area contributed by atoms with Crippen molar-refractivity contribution in [2.75, 3.05) is 31.6 Å². The van der Waals surface area contributed by atoms with Crippen molar-refractivity contribution in [3.63, 3.8) is 0 Å². The van der Waals surface area contributed by atoms with Gasteiger partial charge in [-0.25, -0.2) is 0 Å². The first-order valence-electron chi connectivity index (χ1n) is 8.11. The summed E-state index contributed by atoms with van der Waals surface area (Å²) in [5.74, 6) is 1.07. The summed E-state index contributed by atoms with van der Waals surface area (Å²) >= 11 is 0. The SMILES string of the molecule is CCOc1ccc(OCC)c(NC(=O)CN2CCCCC2=O)c1. The van der Waals surface area contributed by atoms with E-state index in [1.165, 1.54) is 0 Å². The Balaban J connectivity index is 2.05. The standard InChI is InChI=1S/C17H24N2O4/c1-3-22-13-8-9-15(23-4-2)14(11-13)18-16(20)12-19-10-6-5-7-17(19)21/h8-9,11H,3-7,10,12H2,1-2H3,(H,18,20).